The van der Waals surface area contributed by atoms with Gasteiger partial charge in [-0.1, -0.05) is 0 Å². The van der Waals surface area contributed by atoms with Gasteiger partial charge in [0.15, 0.2) is 0 Å². The van der Waals surface area contributed by atoms with Crippen LogP contribution in [0, 0.1) is 19.3 Å². The Morgan fingerprint density at radius 3 is 2.40 bits per heavy atom. The van der Waals surface area contributed by atoms with E-state index in [0.29, 0.717) is 11.6 Å². The number of nitrogens with one attached hydrogen (secondary N) is 1. The summed E-state index contributed by atoms with van der Waals surface area (Å²) in [4.78, 5) is 4.04. The van der Waals surface area contributed by atoms with Gasteiger partial charge in [0, 0.05) is 5.56 Å². The van der Waals surface area contributed by atoms with Crippen LogP contribution < -0.4 is 5.73 Å². The summed E-state index contributed by atoms with van der Waals surface area (Å²) >= 11 is 0. The second-order valence-electron chi connectivity index (χ2n) is 4.26. The summed E-state index contributed by atoms with van der Waals surface area (Å²) in [5.41, 5.74) is 4.09. The molecule has 2 aromatic rings. The fourth-order valence-corrected chi connectivity index (χ4v) is 1.90. The number of hydrogen-bond acceptors (Lipinski definition) is 3. The standard InChI is InChI=1S/C12H12F3N5/c1-6-18-7(2)20(19-6)8-3-4-9(11(16)17)10(5-8)12(13,14)15/h3-5H,1-2H3,(H3,16,17). The number of nitrogen functional groups attached to an aromatic ring is 1. The monoisotopic (exact) mass is 283 g/mol. The molecule has 1 aromatic carbocycles. The Morgan fingerprint density at radius 1 is 1.30 bits per heavy atom. The molecule has 0 fully saturated rings. The highest BCUT2D eigenvalue weighted by molar-refractivity contribution is 5.96. The highest BCUT2D eigenvalue weighted by Gasteiger charge is 2.34. The second-order valence-corrected chi connectivity index (χ2v) is 4.26. The highest BCUT2D eigenvalue weighted by atomic mass is 19.4. The fourth-order valence-electron chi connectivity index (χ4n) is 1.90. The Balaban J connectivity index is 2.64. The first kappa shape index (κ1) is 14.0. The molecular weight excluding hydrogens is 271 g/mol. The van der Waals surface area contributed by atoms with Crippen LogP contribution in [0.2, 0.25) is 0 Å². The third-order valence-corrected chi connectivity index (χ3v) is 2.72. The van der Waals surface area contributed by atoms with Gasteiger partial charge in [-0.25, -0.2) is 9.67 Å². The lowest BCUT2D eigenvalue weighted by Crippen LogP contribution is -2.19. The molecule has 0 saturated heterocycles. The lowest BCUT2D eigenvalue weighted by Gasteiger charge is -2.14. The van der Waals surface area contributed by atoms with Gasteiger partial charge in [-0.2, -0.15) is 18.3 Å². The van der Waals surface area contributed by atoms with Crippen LogP contribution in [0.25, 0.3) is 5.69 Å². The summed E-state index contributed by atoms with van der Waals surface area (Å²) in [7, 11) is 0. The number of aryl methyl sites for hydroxylation is 2. The zero-order chi connectivity index (χ0) is 15.1. The first-order chi connectivity index (χ1) is 9.20. The Labute approximate surface area is 112 Å². The summed E-state index contributed by atoms with van der Waals surface area (Å²) < 4.78 is 40.4. The molecule has 8 heteroatoms. The van der Waals surface area contributed by atoms with Gasteiger partial charge in [-0.05, 0) is 32.0 Å². The zero-order valence-corrected chi connectivity index (χ0v) is 10.8. The normalized spacial score (nSPS) is 11.7. The molecule has 0 unspecified atom stereocenters. The minimum absolute atomic E-state index is 0.223. The number of alkyl halides is 3. The molecule has 20 heavy (non-hydrogen) atoms. The molecule has 0 saturated carbocycles. The van der Waals surface area contributed by atoms with Crippen molar-refractivity contribution in [2.45, 2.75) is 20.0 Å². The van der Waals surface area contributed by atoms with Crippen molar-refractivity contribution < 1.29 is 13.2 Å². The number of rotatable bonds is 2. The molecule has 0 amide bonds. The van der Waals surface area contributed by atoms with Crippen molar-refractivity contribution in [3.05, 3.63) is 41.0 Å². The van der Waals surface area contributed by atoms with Gasteiger partial charge in [0.1, 0.15) is 17.5 Å². The lowest BCUT2D eigenvalue weighted by molar-refractivity contribution is -0.137. The summed E-state index contributed by atoms with van der Waals surface area (Å²) in [5.74, 6) is 0.313. The summed E-state index contributed by atoms with van der Waals surface area (Å²) in [5, 5.41) is 11.3. The molecule has 0 aliphatic carbocycles. The van der Waals surface area contributed by atoms with Crippen LogP contribution in [0.5, 0.6) is 0 Å². The van der Waals surface area contributed by atoms with E-state index in [1.54, 1.807) is 13.8 Å². The maximum absolute atomic E-state index is 13.0. The maximum Gasteiger partial charge on any atom is 0.417 e. The van der Waals surface area contributed by atoms with Crippen LogP contribution in [-0.4, -0.2) is 20.6 Å². The van der Waals surface area contributed by atoms with E-state index in [1.165, 1.54) is 10.7 Å². The molecule has 0 aliphatic rings. The van der Waals surface area contributed by atoms with Gasteiger partial charge in [0.25, 0.3) is 0 Å². The molecule has 2 rings (SSSR count). The fraction of sp³-hybridized carbons (Fsp3) is 0.250. The lowest BCUT2D eigenvalue weighted by atomic mass is 10.1. The SMILES string of the molecule is Cc1nc(C)n(-c2ccc(C(=N)N)c(C(F)(F)F)c2)n1. The van der Waals surface area contributed by atoms with E-state index in [4.69, 9.17) is 11.1 Å². The average Bonchev–Trinajstić information content (AvgIpc) is 2.66. The number of aromatic nitrogens is 3. The third-order valence-electron chi connectivity index (χ3n) is 2.72. The number of benzene rings is 1. The van der Waals surface area contributed by atoms with Crippen LogP contribution in [0.15, 0.2) is 18.2 Å². The third kappa shape index (κ3) is 2.49. The predicted molar refractivity (Wildman–Crippen MR) is 66.9 cm³/mol. The molecule has 0 atom stereocenters. The van der Waals surface area contributed by atoms with Crippen LogP contribution >= 0.6 is 0 Å². The smallest absolute Gasteiger partial charge is 0.384 e. The van der Waals surface area contributed by atoms with Crippen molar-refractivity contribution >= 4 is 5.84 Å². The van der Waals surface area contributed by atoms with Crippen molar-refractivity contribution in [1.82, 2.24) is 14.8 Å². The summed E-state index contributed by atoms with van der Waals surface area (Å²) in [6.45, 7) is 3.30. The number of nitrogens with zero attached hydrogens (tertiary/aromatic N) is 3. The zero-order valence-electron chi connectivity index (χ0n) is 10.8. The topological polar surface area (TPSA) is 80.6 Å². The van der Waals surface area contributed by atoms with Crippen molar-refractivity contribution in [3.63, 3.8) is 0 Å². The molecule has 0 radical (unpaired) electrons. The van der Waals surface area contributed by atoms with Gasteiger partial charge in [-0.15, -0.1) is 0 Å². The molecule has 0 bridgehead atoms. The molecule has 106 valence electrons. The molecule has 5 nitrogen and oxygen atoms in total. The summed E-state index contributed by atoms with van der Waals surface area (Å²) in [6.07, 6.45) is -4.60. The Hall–Kier alpha value is -2.38. The Morgan fingerprint density at radius 2 is 1.95 bits per heavy atom. The van der Waals surface area contributed by atoms with Crippen molar-refractivity contribution in [2.24, 2.45) is 5.73 Å². The van der Waals surface area contributed by atoms with Gasteiger partial charge in [-0.3, -0.25) is 5.41 Å². The van der Waals surface area contributed by atoms with Gasteiger partial charge < -0.3 is 5.73 Å². The molecule has 0 spiro atoms. The molecule has 3 N–H and O–H groups in total. The predicted octanol–water partition coefficient (Wildman–Crippen LogP) is 2.19. The molecule has 1 aromatic heterocycles. The van der Waals surface area contributed by atoms with Gasteiger partial charge >= 0.3 is 6.18 Å². The van der Waals surface area contributed by atoms with Crippen LogP contribution in [0.4, 0.5) is 13.2 Å². The van der Waals surface area contributed by atoms with E-state index in [-0.39, 0.29) is 11.3 Å². The van der Waals surface area contributed by atoms with E-state index in [2.05, 4.69) is 10.1 Å². The average molecular weight is 283 g/mol. The number of amidine groups is 1. The number of hydrogen-bond donors (Lipinski definition) is 2. The first-order valence-electron chi connectivity index (χ1n) is 5.66. The van der Waals surface area contributed by atoms with E-state index < -0.39 is 17.6 Å². The molecule has 1 heterocycles. The Kier molecular flexibility index (Phi) is 3.24. The largest absolute Gasteiger partial charge is 0.417 e. The Bertz CT molecular complexity index is 672. The minimum Gasteiger partial charge on any atom is -0.384 e. The molecular formula is C12H12F3N5. The van der Waals surface area contributed by atoms with Crippen molar-refractivity contribution in [2.75, 3.05) is 0 Å². The van der Waals surface area contributed by atoms with E-state index in [1.807, 2.05) is 0 Å². The minimum atomic E-state index is -4.60. The maximum atomic E-state index is 13.0. The van der Waals surface area contributed by atoms with Crippen molar-refractivity contribution in [3.8, 4) is 5.69 Å². The number of nitrogens with two attached hydrogens (primary N) is 1. The van der Waals surface area contributed by atoms with Crippen molar-refractivity contribution in [1.29, 1.82) is 5.41 Å². The van der Waals surface area contributed by atoms with E-state index in [9.17, 15) is 13.2 Å². The summed E-state index contributed by atoms with van der Waals surface area (Å²) in [6, 6.07) is 3.50. The van der Waals surface area contributed by atoms with Gasteiger partial charge in [0.2, 0.25) is 0 Å². The number of halogens is 3. The van der Waals surface area contributed by atoms with E-state index in [0.717, 1.165) is 12.1 Å². The first-order valence-corrected chi connectivity index (χ1v) is 5.66. The quantitative estimate of drug-likeness (QED) is 0.655. The second kappa shape index (κ2) is 4.62. The van der Waals surface area contributed by atoms with Crippen LogP contribution in [0.3, 0.4) is 0 Å². The van der Waals surface area contributed by atoms with Crippen LogP contribution in [-0.2, 0) is 6.18 Å². The van der Waals surface area contributed by atoms with Crippen LogP contribution in [0.1, 0.15) is 22.8 Å². The van der Waals surface area contributed by atoms with Gasteiger partial charge in [0.05, 0.1) is 11.3 Å². The highest BCUT2D eigenvalue weighted by Crippen LogP contribution is 2.33. The van der Waals surface area contributed by atoms with E-state index >= 15 is 0 Å². The molecule has 0 aliphatic heterocycles.